The summed E-state index contributed by atoms with van der Waals surface area (Å²) in [6.07, 6.45) is 0. The molecule has 3 nitrogen and oxygen atoms in total. The quantitative estimate of drug-likeness (QED) is 0.863. The zero-order valence-electron chi connectivity index (χ0n) is 12.4. The minimum Gasteiger partial charge on any atom is -0.376 e. The Kier molecular flexibility index (Phi) is 4.38. The normalized spacial score (nSPS) is 10.2. The first-order chi connectivity index (χ1) is 9.90. The molecule has 0 aliphatic rings. The fraction of sp³-hybridized carbons (Fsp3) is 0.176. The third-order valence-electron chi connectivity index (χ3n) is 3.26. The van der Waals surface area contributed by atoms with Crippen molar-refractivity contribution >= 4 is 28.9 Å². The maximum atomic E-state index is 12.8. The van der Waals surface area contributed by atoms with Crippen LogP contribution < -0.4 is 10.6 Å². The van der Waals surface area contributed by atoms with Gasteiger partial charge in [-0.3, -0.25) is 9.69 Å². The Bertz CT molecular complexity index is 689. The number of hydrogen-bond acceptors (Lipinski definition) is 2. The Morgan fingerprint density at radius 1 is 1.05 bits per heavy atom. The molecule has 1 amide bonds. The van der Waals surface area contributed by atoms with Gasteiger partial charge in [0, 0.05) is 5.56 Å². The molecule has 0 fully saturated rings. The smallest absolute Gasteiger partial charge is 0.264 e. The second-order valence-corrected chi connectivity index (χ2v) is 5.56. The molecule has 2 aromatic carbocycles. The zero-order chi connectivity index (χ0) is 15.6. The van der Waals surface area contributed by atoms with Gasteiger partial charge in [-0.1, -0.05) is 24.3 Å². The standard InChI is InChI=1S/C17H18N2OS/c1-11-8-12(2)10-14(9-11)19(17(18)21)16(20)15-7-5-4-6-13(15)3/h4-10H,1-3H3,(H2,18,21). The van der Waals surface area contributed by atoms with Gasteiger partial charge in [0.2, 0.25) is 0 Å². The number of benzene rings is 2. The first-order valence-electron chi connectivity index (χ1n) is 6.68. The third kappa shape index (κ3) is 3.28. The van der Waals surface area contributed by atoms with Gasteiger partial charge in [-0.2, -0.15) is 0 Å². The molecule has 0 saturated carbocycles. The summed E-state index contributed by atoms with van der Waals surface area (Å²) >= 11 is 5.09. The average molecular weight is 298 g/mol. The van der Waals surface area contributed by atoms with Gasteiger partial charge in [-0.25, -0.2) is 0 Å². The summed E-state index contributed by atoms with van der Waals surface area (Å²) in [5.41, 5.74) is 10.1. The van der Waals surface area contributed by atoms with Crippen LogP contribution in [0.5, 0.6) is 0 Å². The molecule has 21 heavy (non-hydrogen) atoms. The lowest BCUT2D eigenvalue weighted by molar-refractivity contribution is 0.100. The van der Waals surface area contributed by atoms with Gasteiger partial charge in [0.1, 0.15) is 0 Å². The minimum absolute atomic E-state index is 0.0493. The largest absolute Gasteiger partial charge is 0.376 e. The highest BCUT2D eigenvalue weighted by Gasteiger charge is 2.21. The van der Waals surface area contributed by atoms with Gasteiger partial charge in [-0.05, 0) is 67.9 Å². The van der Waals surface area contributed by atoms with E-state index in [0.717, 1.165) is 16.7 Å². The van der Waals surface area contributed by atoms with Gasteiger partial charge in [0.25, 0.3) is 5.91 Å². The number of amides is 1. The number of aryl methyl sites for hydroxylation is 3. The van der Waals surface area contributed by atoms with Crippen LogP contribution >= 0.6 is 12.2 Å². The van der Waals surface area contributed by atoms with Crippen molar-refractivity contribution in [3.63, 3.8) is 0 Å². The third-order valence-corrected chi connectivity index (χ3v) is 3.45. The molecular weight excluding hydrogens is 280 g/mol. The summed E-state index contributed by atoms with van der Waals surface area (Å²) in [5, 5.41) is 0.0493. The highest BCUT2D eigenvalue weighted by molar-refractivity contribution is 7.80. The van der Waals surface area contributed by atoms with Gasteiger partial charge in [0.05, 0.1) is 5.69 Å². The molecule has 2 N–H and O–H groups in total. The first-order valence-corrected chi connectivity index (χ1v) is 7.09. The second kappa shape index (κ2) is 6.06. The van der Waals surface area contributed by atoms with Crippen LogP contribution in [0.1, 0.15) is 27.0 Å². The number of thiocarbonyl (C=S) groups is 1. The number of rotatable bonds is 2. The van der Waals surface area contributed by atoms with E-state index in [1.54, 1.807) is 6.07 Å². The molecular formula is C17H18N2OS. The topological polar surface area (TPSA) is 46.3 Å². The van der Waals surface area contributed by atoms with Crippen molar-refractivity contribution in [2.24, 2.45) is 5.73 Å². The van der Waals surface area contributed by atoms with Crippen molar-refractivity contribution < 1.29 is 4.79 Å². The Balaban J connectivity index is 2.52. The van der Waals surface area contributed by atoms with Gasteiger partial charge < -0.3 is 5.73 Å². The highest BCUT2D eigenvalue weighted by atomic mass is 32.1. The molecule has 0 spiro atoms. The van der Waals surface area contributed by atoms with Crippen LogP contribution in [0.2, 0.25) is 0 Å². The molecule has 4 heteroatoms. The lowest BCUT2D eigenvalue weighted by Gasteiger charge is -2.22. The molecule has 0 aliphatic heterocycles. The van der Waals surface area contributed by atoms with E-state index in [1.807, 2.05) is 57.2 Å². The van der Waals surface area contributed by atoms with Crippen LogP contribution in [0.15, 0.2) is 42.5 Å². The maximum absolute atomic E-state index is 12.8. The molecule has 0 heterocycles. The second-order valence-electron chi connectivity index (χ2n) is 5.14. The molecule has 0 saturated heterocycles. The molecule has 0 atom stereocenters. The summed E-state index contributed by atoms with van der Waals surface area (Å²) in [7, 11) is 0. The number of hydrogen-bond donors (Lipinski definition) is 1. The van der Waals surface area contributed by atoms with Crippen molar-refractivity contribution in [3.8, 4) is 0 Å². The van der Waals surface area contributed by atoms with E-state index in [0.29, 0.717) is 11.3 Å². The van der Waals surface area contributed by atoms with Crippen LogP contribution in [-0.2, 0) is 0 Å². The monoisotopic (exact) mass is 298 g/mol. The molecule has 0 aliphatic carbocycles. The van der Waals surface area contributed by atoms with E-state index in [-0.39, 0.29) is 11.0 Å². The van der Waals surface area contributed by atoms with Crippen LogP contribution in [-0.4, -0.2) is 11.0 Å². The maximum Gasteiger partial charge on any atom is 0.264 e. The fourth-order valence-electron chi connectivity index (χ4n) is 2.36. The minimum atomic E-state index is -0.203. The van der Waals surface area contributed by atoms with E-state index in [9.17, 15) is 4.79 Å². The van der Waals surface area contributed by atoms with E-state index in [2.05, 4.69) is 0 Å². The summed E-state index contributed by atoms with van der Waals surface area (Å²) in [5.74, 6) is -0.203. The fourth-order valence-corrected chi connectivity index (χ4v) is 2.55. The summed E-state index contributed by atoms with van der Waals surface area (Å²) in [4.78, 5) is 14.2. The van der Waals surface area contributed by atoms with Gasteiger partial charge in [0.15, 0.2) is 5.11 Å². The number of anilines is 1. The highest BCUT2D eigenvalue weighted by Crippen LogP contribution is 2.22. The Hall–Kier alpha value is -2.20. The van der Waals surface area contributed by atoms with Crippen molar-refractivity contribution in [2.45, 2.75) is 20.8 Å². The molecule has 2 aromatic rings. The van der Waals surface area contributed by atoms with Gasteiger partial charge in [-0.15, -0.1) is 0 Å². The average Bonchev–Trinajstić information content (AvgIpc) is 2.37. The molecule has 2 rings (SSSR count). The summed E-state index contributed by atoms with van der Waals surface area (Å²) < 4.78 is 0. The zero-order valence-corrected chi connectivity index (χ0v) is 13.2. The van der Waals surface area contributed by atoms with Gasteiger partial charge >= 0.3 is 0 Å². The van der Waals surface area contributed by atoms with Crippen molar-refractivity contribution in [1.82, 2.24) is 0 Å². The first kappa shape index (κ1) is 15.2. The van der Waals surface area contributed by atoms with Crippen molar-refractivity contribution in [1.29, 1.82) is 0 Å². The predicted molar refractivity (Wildman–Crippen MR) is 90.7 cm³/mol. The Morgan fingerprint density at radius 2 is 1.62 bits per heavy atom. The van der Waals surface area contributed by atoms with Crippen LogP contribution in [0, 0.1) is 20.8 Å². The van der Waals surface area contributed by atoms with Crippen molar-refractivity contribution in [3.05, 3.63) is 64.7 Å². The number of nitrogens with zero attached hydrogens (tertiary/aromatic N) is 1. The number of nitrogens with two attached hydrogens (primary N) is 1. The molecule has 0 unspecified atom stereocenters. The number of carbonyl (C=O) groups is 1. The van der Waals surface area contributed by atoms with Crippen LogP contribution in [0.3, 0.4) is 0 Å². The Labute approximate surface area is 130 Å². The lowest BCUT2D eigenvalue weighted by atomic mass is 10.1. The molecule has 0 aromatic heterocycles. The summed E-state index contributed by atoms with van der Waals surface area (Å²) in [6, 6.07) is 13.3. The SMILES string of the molecule is Cc1cc(C)cc(N(C(=O)c2ccccc2C)C(N)=S)c1. The molecule has 0 bridgehead atoms. The van der Waals surface area contributed by atoms with E-state index < -0.39 is 0 Å². The Morgan fingerprint density at radius 3 is 2.14 bits per heavy atom. The van der Waals surface area contributed by atoms with Crippen LogP contribution in [0.4, 0.5) is 5.69 Å². The predicted octanol–water partition coefficient (Wildman–Crippen LogP) is 3.50. The molecule has 0 radical (unpaired) electrons. The van der Waals surface area contributed by atoms with E-state index in [1.165, 1.54) is 4.90 Å². The number of carbonyl (C=O) groups excluding carboxylic acids is 1. The lowest BCUT2D eigenvalue weighted by Crippen LogP contribution is -2.41. The van der Waals surface area contributed by atoms with E-state index in [4.69, 9.17) is 18.0 Å². The van der Waals surface area contributed by atoms with Crippen molar-refractivity contribution in [2.75, 3.05) is 4.90 Å². The molecule has 108 valence electrons. The van der Waals surface area contributed by atoms with Crippen LogP contribution in [0.25, 0.3) is 0 Å². The summed E-state index contributed by atoms with van der Waals surface area (Å²) in [6.45, 7) is 5.85. The van der Waals surface area contributed by atoms with E-state index >= 15 is 0 Å².